The molecule has 0 aromatic rings. The summed E-state index contributed by atoms with van der Waals surface area (Å²) < 4.78 is 1.31. The molecule has 0 saturated heterocycles. The van der Waals surface area contributed by atoms with Crippen LogP contribution in [0.15, 0.2) is 0 Å². The summed E-state index contributed by atoms with van der Waals surface area (Å²) in [6.07, 6.45) is 0.122. The summed E-state index contributed by atoms with van der Waals surface area (Å²) in [5.74, 6) is -2.14. The second kappa shape index (κ2) is 8.63. The van der Waals surface area contributed by atoms with Crippen LogP contribution in [0.2, 0.25) is 5.32 Å². The second-order valence-electron chi connectivity index (χ2n) is 3.51. The number of carbonyl (C=O) groups excluding carboxylic acids is 1. The van der Waals surface area contributed by atoms with E-state index in [0.717, 1.165) is 0 Å². The van der Waals surface area contributed by atoms with Gasteiger partial charge in [-0.05, 0) is 0 Å². The summed E-state index contributed by atoms with van der Waals surface area (Å²) in [5, 5.41) is 17.7. The van der Waals surface area contributed by atoms with Crippen molar-refractivity contribution in [2.24, 2.45) is 5.73 Å². The molecule has 0 fully saturated rings. The summed E-state index contributed by atoms with van der Waals surface area (Å²) in [5.41, 5.74) is 5.27. The molecule has 0 heterocycles. The van der Waals surface area contributed by atoms with Crippen LogP contribution in [-0.2, 0) is 14.4 Å². The maximum absolute atomic E-state index is 11.6. The summed E-state index contributed by atoms with van der Waals surface area (Å²) in [6.45, 7) is 0. The zero-order valence-corrected chi connectivity index (χ0v) is 13.2. The van der Waals surface area contributed by atoms with Gasteiger partial charge in [0.25, 0.3) is 0 Å². The fourth-order valence-electron chi connectivity index (χ4n) is 0.998. The first kappa shape index (κ1) is 17.6. The fraction of sp³-hybridized carbons (Fsp3) is 0.667. The van der Waals surface area contributed by atoms with E-state index in [1.165, 1.54) is 3.92 Å². The van der Waals surface area contributed by atoms with E-state index >= 15 is 0 Å². The Hall–Kier alpha value is -0.431. The molecule has 0 saturated carbocycles. The number of nitrogens with two attached hydrogens (primary N) is 1. The number of rotatable bonds is 9. The van der Waals surface area contributed by atoms with E-state index in [2.05, 4.69) is 16.0 Å². The molecule has 0 bridgehead atoms. The minimum absolute atomic E-state index is 0.0531. The van der Waals surface area contributed by atoms with E-state index in [1.807, 2.05) is 0 Å². The van der Waals surface area contributed by atoms with Gasteiger partial charge in [-0.25, -0.2) is 0 Å². The SMILES string of the molecule is CN([Se]C(=O)CC[C@H](N)C(=O)O)[C@@H](C[Se])C(=O)O. The Kier molecular flexibility index (Phi) is 8.43. The van der Waals surface area contributed by atoms with Gasteiger partial charge in [0.05, 0.1) is 0 Å². The van der Waals surface area contributed by atoms with Gasteiger partial charge < -0.3 is 0 Å². The minimum atomic E-state index is -1.14. The van der Waals surface area contributed by atoms with E-state index in [9.17, 15) is 14.4 Å². The van der Waals surface area contributed by atoms with Gasteiger partial charge >= 0.3 is 119 Å². The number of carboxylic acid groups (broad SMARTS) is 2. The molecule has 4 N–H and O–H groups in total. The van der Waals surface area contributed by atoms with Gasteiger partial charge in [-0.3, -0.25) is 0 Å². The van der Waals surface area contributed by atoms with Crippen molar-refractivity contribution in [1.29, 1.82) is 0 Å². The Balaban J connectivity index is 4.15. The Bertz CT molecular complexity index is 326. The fourth-order valence-corrected chi connectivity index (χ4v) is 3.97. The molecule has 1 radical (unpaired) electrons. The topological polar surface area (TPSA) is 121 Å². The van der Waals surface area contributed by atoms with Crippen LogP contribution < -0.4 is 5.73 Å². The number of nitrogens with zero attached hydrogens (tertiary/aromatic N) is 1. The predicted molar refractivity (Wildman–Crippen MR) is 65.4 cm³/mol. The predicted octanol–water partition coefficient (Wildman–Crippen LogP) is -1.70. The van der Waals surface area contributed by atoms with Gasteiger partial charge in [-0.2, -0.15) is 0 Å². The van der Waals surface area contributed by atoms with Crippen molar-refractivity contribution >= 4 is 47.8 Å². The van der Waals surface area contributed by atoms with Crippen molar-refractivity contribution in [3.05, 3.63) is 0 Å². The van der Waals surface area contributed by atoms with Crippen LogP contribution in [0.25, 0.3) is 0 Å². The Morgan fingerprint density at radius 1 is 1.33 bits per heavy atom. The number of carboxylic acids is 2. The normalized spacial score (nSPS) is 14.2. The molecule has 2 atom stereocenters. The van der Waals surface area contributed by atoms with Crippen LogP contribution in [0.3, 0.4) is 0 Å². The molecule has 0 aliphatic carbocycles. The molecule has 0 aromatic carbocycles. The Morgan fingerprint density at radius 3 is 2.28 bits per heavy atom. The quantitative estimate of drug-likeness (QED) is 0.402. The Labute approximate surface area is 119 Å². The van der Waals surface area contributed by atoms with Gasteiger partial charge in [-0.15, -0.1) is 0 Å². The standard InChI is InChI=1S/C9H15N2O5Se2/c1-11(6(4-17)9(15)16)18-7(12)3-2-5(10)8(13)14/h5-6H,2-4,10H2,1H3,(H,13,14)(H,15,16)/t5-,6-/m0/s1. The summed E-state index contributed by atoms with van der Waals surface area (Å²) >= 11 is 1.99. The number of hydrogen-bond donors (Lipinski definition) is 3. The first-order chi connectivity index (χ1) is 8.29. The second-order valence-corrected chi connectivity index (χ2v) is 6.76. The van der Waals surface area contributed by atoms with Gasteiger partial charge in [0.2, 0.25) is 0 Å². The van der Waals surface area contributed by atoms with Crippen LogP contribution in [0.4, 0.5) is 0 Å². The molecule has 0 rings (SSSR count). The van der Waals surface area contributed by atoms with Crippen LogP contribution in [0, 0.1) is 0 Å². The third kappa shape index (κ3) is 6.49. The number of hydrogen-bond acceptors (Lipinski definition) is 5. The average molecular weight is 389 g/mol. The number of aliphatic carboxylic acids is 2. The van der Waals surface area contributed by atoms with Crippen LogP contribution in [0.1, 0.15) is 12.8 Å². The van der Waals surface area contributed by atoms with E-state index in [1.54, 1.807) is 7.05 Å². The van der Waals surface area contributed by atoms with Crippen molar-refractivity contribution in [1.82, 2.24) is 3.92 Å². The van der Waals surface area contributed by atoms with Crippen molar-refractivity contribution in [3.63, 3.8) is 0 Å². The number of likely N-dealkylation sites (N-methyl/N-ethyl adjacent to an activating group) is 1. The van der Waals surface area contributed by atoms with Crippen molar-refractivity contribution in [3.8, 4) is 0 Å². The first-order valence-electron chi connectivity index (χ1n) is 5.02. The summed E-state index contributed by atoms with van der Waals surface area (Å²) in [6, 6.07) is -1.79. The molecule has 0 spiro atoms. The zero-order valence-electron chi connectivity index (χ0n) is 9.74. The van der Waals surface area contributed by atoms with Crippen molar-refractivity contribution in [2.45, 2.75) is 30.2 Å². The molecule has 0 amide bonds. The van der Waals surface area contributed by atoms with Gasteiger partial charge in [0.15, 0.2) is 0 Å². The number of carbonyl (C=O) groups is 3. The van der Waals surface area contributed by atoms with Crippen LogP contribution >= 0.6 is 0 Å². The molecule has 103 valence electrons. The third-order valence-electron chi connectivity index (χ3n) is 2.10. The molecular weight excluding hydrogens is 374 g/mol. The summed E-state index contributed by atoms with van der Waals surface area (Å²) in [7, 11) is 1.56. The van der Waals surface area contributed by atoms with Crippen molar-refractivity contribution in [2.75, 3.05) is 7.05 Å². The molecule has 0 unspecified atom stereocenters. The Morgan fingerprint density at radius 2 is 1.89 bits per heavy atom. The average Bonchev–Trinajstić information content (AvgIpc) is 2.25. The molecule has 0 aromatic heterocycles. The van der Waals surface area contributed by atoms with E-state index in [0.29, 0.717) is 0 Å². The van der Waals surface area contributed by atoms with Gasteiger partial charge in [0, 0.05) is 0 Å². The molecule has 9 heteroatoms. The van der Waals surface area contributed by atoms with Gasteiger partial charge in [0.1, 0.15) is 0 Å². The zero-order chi connectivity index (χ0) is 14.3. The third-order valence-corrected chi connectivity index (χ3v) is 4.76. The van der Waals surface area contributed by atoms with E-state index in [-0.39, 0.29) is 22.8 Å². The molecule has 0 aliphatic rings. The first-order valence-corrected chi connectivity index (χ1v) is 7.86. The molecular formula is C9H15N2O5Se2. The molecule has 7 nitrogen and oxygen atoms in total. The molecule has 0 aliphatic heterocycles. The maximum atomic E-state index is 11.6. The van der Waals surface area contributed by atoms with Crippen molar-refractivity contribution < 1.29 is 24.6 Å². The monoisotopic (exact) mass is 391 g/mol. The van der Waals surface area contributed by atoms with Gasteiger partial charge in [-0.1, -0.05) is 0 Å². The molecule has 18 heavy (non-hydrogen) atoms. The summed E-state index contributed by atoms with van der Waals surface area (Å²) in [4.78, 5) is 32.9. The van der Waals surface area contributed by atoms with E-state index < -0.39 is 39.2 Å². The van der Waals surface area contributed by atoms with Crippen LogP contribution in [-0.4, -0.2) is 81.1 Å². The van der Waals surface area contributed by atoms with Crippen LogP contribution in [0.5, 0.6) is 0 Å². The van der Waals surface area contributed by atoms with E-state index in [4.69, 9.17) is 15.9 Å².